The molecule has 4 aliphatic rings. The number of amides is 2. The number of aliphatic carboxylic acids is 1. The lowest BCUT2D eigenvalue weighted by Crippen LogP contribution is -2.76. The molecule has 270 valence electrons. The highest BCUT2D eigenvalue weighted by atomic mass is 32.3. The lowest BCUT2D eigenvalue weighted by atomic mass is 9.74. The third-order valence-corrected chi connectivity index (χ3v) is 11.2. The Kier molecular flexibility index (Phi) is 8.41. The Morgan fingerprint density at radius 2 is 1.94 bits per heavy atom. The maximum Gasteiger partial charge on any atom is 0.418 e. The number of fused-ring (bicyclic) bond motifs is 1. The molecule has 2 amide bonds. The van der Waals surface area contributed by atoms with Gasteiger partial charge in [0.15, 0.2) is 16.9 Å². The zero-order chi connectivity index (χ0) is 36.6. The van der Waals surface area contributed by atoms with Crippen LogP contribution in [0.3, 0.4) is 0 Å². The summed E-state index contributed by atoms with van der Waals surface area (Å²) >= 11 is 0.964. The number of anilines is 1. The van der Waals surface area contributed by atoms with Crippen LogP contribution in [-0.2, 0) is 40.3 Å². The summed E-state index contributed by atoms with van der Waals surface area (Å²) in [6.07, 6.45) is 2.36. The van der Waals surface area contributed by atoms with Crippen LogP contribution in [0.25, 0.3) is 0 Å². The molecule has 2 aromatic rings. The topological polar surface area (TPSA) is 282 Å². The maximum atomic E-state index is 13.5. The number of carboxylic acid groups (broad SMARTS) is 1. The summed E-state index contributed by atoms with van der Waals surface area (Å²) in [6, 6.07) is 4.06. The van der Waals surface area contributed by atoms with Crippen molar-refractivity contribution in [1.29, 1.82) is 5.41 Å². The summed E-state index contributed by atoms with van der Waals surface area (Å²) in [5.41, 5.74) is 9.36. The summed E-state index contributed by atoms with van der Waals surface area (Å²) in [5.74, 6) is -2.77. The first-order chi connectivity index (χ1) is 23.2. The number of carbonyl (C=O) groups is 3. The highest BCUT2D eigenvalue weighted by Gasteiger charge is 2.67. The van der Waals surface area contributed by atoms with Crippen molar-refractivity contribution >= 4 is 56.2 Å². The molecule has 1 saturated heterocycles. The second-order valence-corrected chi connectivity index (χ2v) is 16.1. The average molecular weight is 735 g/mol. The molecular formula is C30H38N8O10S2. The number of β-lactam (4-membered cyclic amide) rings is 1. The van der Waals surface area contributed by atoms with E-state index in [9.17, 15) is 27.9 Å². The molecule has 3 fully saturated rings. The van der Waals surface area contributed by atoms with Crippen LogP contribution in [0.5, 0.6) is 5.75 Å². The fourth-order valence-electron chi connectivity index (χ4n) is 6.87. The van der Waals surface area contributed by atoms with Gasteiger partial charge in [0, 0.05) is 22.5 Å². The van der Waals surface area contributed by atoms with Gasteiger partial charge in [0.05, 0.1) is 5.54 Å². The Morgan fingerprint density at radius 3 is 2.50 bits per heavy atom. The second-order valence-electron chi connectivity index (χ2n) is 14.2. The van der Waals surface area contributed by atoms with Crippen molar-refractivity contribution in [1.82, 2.24) is 20.7 Å². The minimum absolute atomic E-state index is 0.0576. The van der Waals surface area contributed by atoms with Crippen molar-refractivity contribution in [3.63, 3.8) is 0 Å². The number of nitrogens with two attached hydrogens (primary N) is 2. The number of oxime groups is 1. The van der Waals surface area contributed by atoms with Gasteiger partial charge >= 0.3 is 16.4 Å². The van der Waals surface area contributed by atoms with Crippen LogP contribution in [0.1, 0.15) is 70.2 Å². The van der Waals surface area contributed by atoms with Crippen molar-refractivity contribution in [2.24, 2.45) is 16.3 Å². The average Bonchev–Trinajstić information content (AvgIpc) is 3.34. The van der Waals surface area contributed by atoms with Gasteiger partial charge in [-0.3, -0.25) is 19.6 Å². The van der Waals surface area contributed by atoms with Gasteiger partial charge in [-0.25, -0.2) is 9.78 Å². The number of hydroxylamine groups is 2. The Morgan fingerprint density at radius 1 is 1.26 bits per heavy atom. The molecule has 0 radical (unpaired) electrons. The number of ether oxygens (including phenoxy) is 1. The van der Waals surface area contributed by atoms with Gasteiger partial charge in [-0.15, -0.1) is 15.6 Å². The zero-order valence-corrected chi connectivity index (χ0v) is 29.2. The van der Waals surface area contributed by atoms with Crippen LogP contribution >= 0.6 is 11.3 Å². The number of rotatable bonds is 11. The van der Waals surface area contributed by atoms with Gasteiger partial charge in [0.1, 0.15) is 23.3 Å². The van der Waals surface area contributed by atoms with Crippen molar-refractivity contribution < 1.29 is 46.3 Å². The molecule has 9 N–H and O–H groups in total. The zero-order valence-electron chi connectivity index (χ0n) is 27.6. The quantitative estimate of drug-likeness (QED) is 0.0551. The smallest absolute Gasteiger partial charge is 0.418 e. The van der Waals surface area contributed by atoms with Crippen LogP contribution in [-0.4, -0.2) is 92.3 Å². The number of hydrogen-bond acceptors (Lipinski definition) is 14. The van der Waals surface area contributed by atoms with Gasteiger partial charge in [-0.2, -0.15) is 13.5 Å². The maximum absolute atomic E-state index is 13.5. The van der Waals surface area contributed by atoms with Gasteiger partial charge < -0.3 is 36.8 Å². The van der Waals surface area contributed by atoms with Gasteiger partial charge in [-0.1, -0.05) is 5.16 Å². The van der Waals surface area contributed by atoms with Crippen LogP contribution < -0.4 is 26.8 Å². The molecular weight excluding hydrogens is 697 g/mol. The molecule has 2 saturated carbocycles. The Balaban J connectivity index is 1.16. The lowest BCUT2D eigenvalue weighted by molar-refractivity contribution is -0.218. The molecule has 6 rings (SSSR count). The fraction of sp³-hybridized carbons (Fsp3) is 0.533. The number of carboxylic acids is 1. The van der Waals surface area contributed by atoms with E-state index < -0.39 is 57.2 Å². The predicted molar refractivity (Wildman–Crippen MR) is 177 cm³/mol. The highest BCUT2D eigenvalue weighted by Crippen LogP contribution is 2.66. The number of amidine groups is 1. The van der Waals surface area contributed by atoms with E-state index in [1.807, 2.05) is 6.07 Å². The molecule has 1 aromatic carbocycles. The molecule has 1 spiro atoms. The molecule has 18 nitrogen and oxygen atoms in total. The molecule has 2 aliphatic heterocycles. The SMILES string of the molecule is CC1(C)[C@H](NC(=O)/C(=N\O[C@](C)(C(=O)O)[C@H]2CCc3cc(C(=N)NC4CC5(C4)CC5(C)N)ccc3O2)c2csc(N)n2)C(=O)N1OS(=O)(=O)O. The van der Waals surface area contributed by atoms with E-state index in [1.54, 1.807) is 12.1 Å². The van der Waals surface area contributed by atoms with E-state index in [0.717, 1.165) is 36.2 Å². The van der Waals surface area contributed by atoms with Crippen LogP contribution in [0.4, 0.5) is 5.13 Å². The number of hydrogen-bond donors (Lipinski definition) is 7. The monoisotopic (exact) mass is 734 g/mol. The number of thiazole rings is 1. The number of carbonyl (C=O) groups excluding carboxylic acids is 2. The molecule has 3 heterocycles. The number of nitrogens with zero attached hydrogens (tertiary/aromatic N) is 3. The molecule has 1 aromatic heterocycles. The molecule has 20 heteroatoms. The summed E-state index contributed by atoms with van der Waals surface area (Å²) in [4.78, 5) is 48.4. The van der Waals surface area contributed by atoms with Crippen molar-refractivity contribution in [3.8, 4) is 5.75 Å². The predicted octanol–water partition coefficient (Wildman–Crippen LogP) is 0.708. The number of benzene rings is 1. The van der Waals surface area contributed by atoms with Crippen molar-refractivity contribution in [2.75, 3.05) is 5.73 Å². The normalized spacial score (nSPS) is 29.4. The number of aryl methyl sites for hydroxylation is 1. The van der Waals surface area contributed by atoms with Gasteiger partial charge in [-0.05, 0) is 89.0 Å². The number of nitrogens with one attached hydrogen (secondary N) is 3. The molecule has 4 atom stereocenters. The minimum atomic E-state index is -5.03. The molecule has 1 unspecified atom stereocenters. The number of nitrogen functional groups attached to an aromatic ring is 1. The van der Waals surface area contributed by atoms with E-state index in [1.165, 1.54) is 26.2 Å². The van der Waals surface area contributed by atoms with Gasteiger partial charge in [0.2, 0.25) is 0 Å². The Hall–Kier alpha value is -4.37. The summed E-state index contributed by atoms with van der Waals surface area (Å²) < 4.78 is 41.8. The Labute approximate surface area is 290 Å². The highest BCUT2D eigenvalue weighted by molar-refractivity contribution is 7.80. The first kappa shape index (κ1) is 35.5. The second kappa shape index (κ2) is 11.9. The van der Waals surface area contributed by atoms with Crippen molar-refractivity contribution in [3.05, 3.63) is 40.4 Å². The summed E-state index contributed by atoms with van der Waals surface area (Å²) in [7, 11) is -5.03. The van der Waals surface area contributed by atoms with E-state index in [2.05, 4.69) is 32.0 Å². The third-order valence-electron chi connectivity index (χ3n) is 10.2. The van der Waals surface area contributed by atoms with Crippen LogP contribution in [0, 0.1) is 10.8 Å². The van der Waals surface area contributed by atoms with Gasteiger partial charge in [0.25, 0.3) is 17.4 Å². The molecule has 2 aliphatic carbocycles. The Bertz CT molecular complexity index is 1920. The van der Waals surface area contributed by atoms with Crippen LogP contribution in [0.15, 0.2) is 28.7 Å². The summed E-state index contributed by atoms with van der Waals surface area (Å²) in [5, 5.41) is 30.3. The molecule has 0 bridgehead atoms. The third kappa shape index (κ3) is 6.25. The van der Waals surface area contributed by atoms with E-state index in [4.69, 9.17) is 31.0 Å². The number of aromatic nitrogens is 1. The lowest BCUT2D eigenvalue weighted by Gasteiger charge is -2.50. The first-order valence-electron chi connectivity index (χ1n) is 15.6. The van der Waals surface area contributed by atoms with E-state index in [0.29, 0.717) is 22.8 Å². The first-order valence-corrected chi connectivity index (χ1v) is 17.9. The fourth-order valence-corrected chi connectivity index (χ4v) is 7.87. The summed E-state index contributed by atoms with van der Waals surface area (Å²) in [6.45, 7) is 6.05. The molecule has 50 heavy (non-hydrogen) atoms. The minimum Gasteiger partial charge on any atom is -0.485 e. The van der Waals surface area contributed by atoms with E-state index >= 15 is 0 Å². The van der Waals surface area contributed by atoms with Crippen molar-refractivity contribution in [2.45, 2.75) is 94.7 Å². The van der Waals surface area contributed by atoms with Crippen LogP contribution in [0.2, 0.25) is 0 Å². The standard InChI is InChI=1S/C30H38N8O10S2/c1-27(2)21(24(40)38(27)48-50(43,44)45)36-23(39)20(17-12-49-26(32)35-17)37-47-29(4,25(41)42)19-8-6-14-9-15(5-7-18(14)46-19)22(31)34-16-10-30(11-16)13-28(30,3)33/h5,7,9,12,16,19,21H,6,8,10-11,13,33H2,1-4H3,(H2,31,34)(H2,32,35)(H,36,39)(H,41,42)(H,43,44,45)/b37-20-/t16?,19-,21-,28?,29+,30?/m1/s1. The van der Waals surface area contributed by atoms with E-state index in [-0.39, 0.29) is 40.1 Å². The largest absolute Gasteiger partial charge is 0.485 e.